The number of rotatable bonds is 3. The first-order valence-corrected chi connectivity index (χ1v) is 6.73. The first-order valence-electron chi connectivity index (χ1n) is 5.94. The number of hydrogen-bond donors (Lipinski definition) is 2. The van der Waals surface area contributed by atoms with Gasteiger partial charge in [0.15, 0.2) is 5.84 Å². The van der Waals surface area contributed by atoms with Gasteiger partial charge in [-0.1, -0.05) is 5.16 Å². The Bertz CT molecular complexity index is 470. The Labute approximate surface area is 115 Å². The summed E-state index contributed by atoms with van der Waals surface area (Å²) in [6.07, 6.45) is 2.00. The van der Waals surface area contributed by atoms with Crippen molar-refractivity contribution in [1.29, 1.82) is 0 Å². The lowest BCUT2D eigenvalue weighted by molar-refractivity contribution is 0.269. The number of nitrogens with two attached hydrogens (primary N) is 1. The van der Waals surface area contributed by atoms with Gasteiger partial charge in [-0.05, 0) is 42.2 Å². The molecule has 1 saturated heterocycles. The van der Waals surface area contributed by atoms with Crippen molar-refractivity contribution >= 4 is 21.8 Å². The number of hydrogen-bond acceptors (Lipinski definition) is 4. The summed E-state index contributed by atoms with van der Waals surface area (Å²) in [4.78, 5) is 2.22. The van der Waals surface area contributed by atoms with Gasteiger partial charge in [-0.2, -0.15) is 5.10 Å². The van der Waals surface area contributed by atoms with Crippen molar-refractivity contribution in [3.05, 3.63) is 15.9 Å². The molecule has 1 unspecified atom stereocenters. The summed E-state index contributed by atoms with van der Waals surface area (Å²) in [6, 6.07) is 0.0251. The summed E-state index contributed by atoms with van der Waals surface area (Å²) in [5.74, 6) is 0.294. The molecule has 18 heavy (non-hydrogen) atoms. The summed E-state index contributed by atoms with van der Waals surface area (Å²) in [6.45, 7) is 3.68. The van der Waals surface area contributed by atoms with Crippen LogP contribution in [-0.4, -0.2) is 38.3 Å². The van der Waals surface area contributed by atoms with E-state index >= 15 is 0 Å². The molecule has 1 aliphatic rings. The zero-order valence-electron chi connectivity index (χ0n) is 10.6. The van der Waals surface area contributed by atoms with Crippen LogP contribution in [0.3, 0.4) is 0 Å². The second-order valence-corrected chi connectivity index (χ2v) is 5.42. The van der Waals surface area contributed by atoms with Gasteiger partial charge in [0.2, 0.25) is 0 Å². The predicted octanol–water partition coefficient (Wildman–Crippen LogP) is 1.20. The van der Waals surface area contributed by atoms with Gasteiger partial charge in [-0.3, -0.25) is 9.58 Å². The Balaban J connectivity index is 2.18. The van der Waals surface area contributed by atoms with E-state index in [0.717, 1.165) is 41.8 Å². The third-order valence-corrected chi connectivity index (χ3v) is 4.47. The number of aryl methyl sites for hydroxylation is 2. The molecule has 1 fully saturated rings. The van der Waals surface area contributed by atoms with Crippen LogP contribution < -0.4 is 5.73 Å². The fraction of sp³-hybridized carbons (Fsp3) is 0.636. The molecule has 1 aromatic heterocycles. The van der Waals surface area contributed by atoms with Crippen LogP contribution in [0.15, 0.2) is 9.63 Å². The summed E-state index contributed by atoms with van der Waals surface area (Å²) in [5, 5.41) is 16.3. The van der Waals surface area contributed by atoms with Crippen LogP contribution in [-0.2, 0) is 13.6 Å². The Morgan fingerprint density at radius 2 is 2.39 bits per heavy atom. The lowest BCUT2D eigenvalue weighted by Crippen LogP contribution is -2.40. The van der Waals surface area contributed by atoms with E-state index < -0.39 is 0 Å². The summed E-state index contributed by atoms with van der Waals surface area (Å²) in [5.41, 5.74) is 7.82. The normalized spacial score (nSPS) is 21.7. The van der Waals surface area contributed by atoms with Gasteiger partial charge in [-0.25, -0.2) is 0 Å². The highest BCUT2D eigenvalue weighted by molar-refractivity contribution is 9.10. The molecule has 0 bridgehead atoms. The lowest BCUT2D eigenvalue weighted by Gasteiger charge is -2.23. The largest absolute Gasteiger partial charge is 0.409 e. The van der Waals surface area contributed by atoms with Crippen molar-refractivity contribution in [2.75, 3.05) is 6.54 Å². The molecular formula is C11H18BrN5O. The molecule has 3 N–H and O–H groups in total. The molecule has 1 atom stereocenters. The van der Waals surface area contributed by atoms with Gasteiger partial charge in [0.1, 0.15) is 0 Å². The number of halogens is 1. The number of nitrogens with zero attached hydrogens (tertiary/aromatic N) is 4. The van der Waals surface area contributed by atoms with Crippen molar-refractivity contribution in [3.63, 3.8) is 0 Å². The van der Waals surface area contributed by atoms with Crippen LogP contribution in [0.5, 0.6) is 0 Å². The lowest BCUT2D eigenvalue weighted by atomic mass is 10.2. The third-order valence-electron chi connectivity index (χ3n) is 3.44. The molecule has 0 radical (unpaired) electrons. The molecule has 100 valence electrons. The van der Waals surface area contributed by atoms with Crippen LogP contribution in [0.4, 0.5) is 0 Å². The minimum atomic E-state index is 0.0251. The van der Waals surface area contributed by atoms with E-state index in [2.05, 4.69) is 31.1 Å². The summed E-state index contributed by atoms with van der Waals surface area (Å²) < 4.78 is 2.91. The Morgan fingerprint density at radius 3 is 2.94 bits per heavy atom. The van der Waals surface area contributed by atoms with E-state index in [0.29, 0.717) is 5.84 Å². The third kappa shape index (κ3) is 2.37. The van der Waals surface area contributed by atoms with Crippen molar-refractivity contribution in [1.82, 2.24) is 14.7 Å². The van der Waals surface area contributed by atoms with E-state index in [9.17, 15) is 0 Å². The van der Waals surface area contributed by atoms with Gasteiger partial charge in [0.25, 0.3) is 0 Å². The zero-order chi connectivity index (χ0) is 13.3. The van der Waals surface area contributed by atoms with E-state index in [1.807, 2.05) is 18.7 Å². The smallest absolute Gasteiger partial charge is 0.156 e. The van der Waals surface area contributed by atoms with Crippen LogP contribution in [0.1, 0.15) is 24.2 Å². The first-order chi connectivity index (χ1) is 8.54. The molecule has 0 aliphatic carbocycles. The van der Waals surface area contributed by atoms with Crippen molar-refractivity contribution < 1.29 is 5.21 Å². The monoisotopic (exact) mass is 315 g/mol. The molecule has 0 saturated carbocycles. The van der Waals surface area contributed by atoms with E-state index in [-0.39, 0.29) is 6.04 Å². The van der Waals surface area contributed by atoms with Gasteiger partial charge in [0, 0.05) is 13.6 Å². The average Bonchev–Trinajstić information content (AvgIpc) is 2.89. The minimum absolute atomic E-state index is 0.0251. The van der Waals surface area contributed by atoms with Crippen LogP contribution >= 0.6 is 15.9 Å². The number of amidine groups is 1. The second kappa shape index (κ2) is 5.27. The topological polar surface area (TPSA) is 79.7 Å². The van der Waals surface area contributed by atoms with Crippen LogP contribution in [0, 0.1) is 6.92 Å². The van der Waals surface area contributed by atoms with Crippen LogP contribution in [0.2, 0.25) is 0 Å². The van der Waals surface area contributed by atoms with Crippen molar-refractivity contribution in [2.45, 2.75) is 32.4 Å². The molecule has 0 spiro atoms. The molecule has 6 nitrogen and oxygen atoms in total. The maximum Gasteiger partial charge on any atom is 0.156 e. The molecule has 7 heteroatoms. The van der Waals surface area contributed by atoms with Gasteiger partial charge in [0.05, 0.1) is 21.9 Å². The van der Waals surface area contributed by atoms with E-state index in [1.54, 1.807) is 0 Å². The summed E-state index contributed by atoms with van der Waals surface area (Å²) in [7, 11) is 1.93. The fourth-order valence-corrected chi connectivity index (χ4v) is 2.92. The molecule has 0 amide bonds. The quantitative estimate of drug-likeness (QED) is 0.380. The maximum absolute atomic E-state index is 8.80. The Morgan fingerprint density at radius 1 is 1.67 bits per heavy atom. The fourth-order valence-electron chi connectivity index (χ4n) is 2.46. The molecular weight excluding hydrogens is 298 g/mol. The highest BCUT2D eigenvalue weighted by Crippen LogP contribution is 2.25. The second-order valence-electron chi connectivity index (χ2n) is 4.62. The summed E-state index contributed by atoms with van der Waals surface area (Å²) >= 11 is 3.56. The molecule has 1 aliphatic heterocycles. The predicted molar refractivity (Wildman–Crippen MR) is 72.5 cm³/mol. The number of aromatic nitrogens is 2. The van der Waals surface area contributed by atoms with Crippen LogP contribution in [0.25, 0.3) is 0 Å². The number of oxime groups is 1. The average molecular weight is 316 g/mol. The van der Waals surface area contributed by atoms with Gasteiger partial charge >= 0.3 is 0 Å². The van der Waals surface area contributed by atoms with E-state index in [1.165, 1.54) is 0 Å². The standard InChI is InChI=1S/C11H18BrN5O/c1-7-10(12)9(16(2)14-7)6-17-5-3-4-8(17)11(13)15-18/h8,18H,3-6H2,1-2H3,(H2,13,15). The van der Waals surface area contributed by atoms with E-state index in [4.69, 9.17) is 10.9 Å². The van der Waals surface area contributed by atoms with Gasteiger partial charge < -0.3 is 10.9 Å². The molecule has 2 rings (SSSR count). The Hall–Kier alpha value is -1.08. The molecule has 1 aromatic rings. The SMILES string of the molecule is Cc1nn(C)c(CN2CCCC2C(N)=NO)c1Br. The van der Waals surface area contributed by atoms with Gasteiger partial charge in [-0.15, -0.1) is 0 Å². The highest BCUT2D eigenvalue weighted by Gasteiger charge is 2.29. The van der Waals surface area contributed by atoms with Crippen molar-refractivity contribution in [3.8, 4) is 0 Å². The zero-order valence-corrected chi connectivity index (χ0v) is 12.2. The first kappa shape index (κ1) is 13.4. The maximum atomic E-state index is 8.80. The molecule has 2 heterocycles. The highest BCUT2D eigenvalue weighted by atomic mass is 79.9. The Kier molecular flexibility index (Phi) is 3.91. The minimum Gasteiger partial charge on any atom is -0.409 e. The van der Waals surface area contributed by atoms with Crippen molar-refractivity contribution in [2.24, 2.45) is 17.9 Å². The molecule has 0 aromatic carbocycles. The number of likely N-dealkylation sites (tertiary alicyclic amines) is 1.